The van der Waals surface area contributed by atoms with Gasteiger partial charge < -0.3 is 5.32 Å². The van der Waals surface area contributed by atoms with Crippen LogP contribution in [0.25, 0.3) is 5.95 Å². The van der Waals surface area contributed by atoms with Gasteiger partial charge in [0.25, 0.3) is 11.9 Å². The molecule has 0 saturated carbocycles. The van der Waals surface area contributed by atoms with Gasteiger partial charge in [0, 0.05) is 12.2 Å². The van der Waals surface area contributed by atoms with Crippen LogP contribution in [-0.4, -0.2) is 52.2 Å². The largest absolute Gasteiger partial charge is 0.347 e. The maximum atomic E-state index is 12.0. The summed E-state index contributed by atoms with van der Waals surface area (Å²) in [6, 6.07) is 1.99. The molecule has 0 bridgehead atoms. The smallest absolute Gasteiger partial charge is 0.288 e. The van der Waals surface area contributed by atoms with Gasteiger partial charge in [-0.15, -0.1) is 15.3 Å². The van der Waals surface area contributed by atoms with Gasteiger partial charge in [-0.2, -0.15) is 10.1 Å². The van der Waals surface area contributed by atoms with Gasteiger partial charge in [0.2, 0.25) is 5.82 Å². The lowest BCUT2D eigenvalue weighted by Gasteiger charge is -2.05. The first kappa shape index (κ1) is 13.9. The summed E-state index contributed by atoms with van der Waals surface area (Å²) in [5.41, 5.74) is 2.01. The van der Waals surface area contributed by atoms with E-state index in [0.29, 0.717) is 19.0 Å². The third-order valence-corrected chi connectivity index (χ3v) is 3.05. The minimum absolute atomic E-state index is 0.136. The van der Waals surface area contributed by atoms with Gasteiger partial charge in [-0.3, -0.25) is 19.1 Å². The van der Waals surface area contributed by atoms with Crippen molar-refractivity contribution in [1.29, 1.82) is 0 Å². The number of carbonyl (C=O) groups is 1. The van der Waals surface area contributed by atoms with E-state index in [2.05, 4.69) is 35.8 Å². The molecule has 0 aliphatic rings. The Balaban J connectivity index is 1.57. The molecule has 1 amide bonds. The second-order valence-electron chi connectivity index (χ2n) is 4.76. The number of amides is 1. The van der Waals surface area contributed by atoms with E-state index in [1.54, 1.807) is 0 Å². The number of hydrogen-bond donors (Lipinski definition) is 2. The predicted molar refractivity (Wildman–Crippen MR) is 75.3 cm³/mol. The summed E-state index contributed by atoms with van der Waals surface area (Å²) < 4.78 is 3.35. The normalized spacial score (nSPS) is 10.8. The van der Waals surface area contributed by atoms with Crippen LogP contribution in [0.3, 0.4) is 0 Å². The highest BCUT2D eigenvalue weighted by Crippen LogP contribution is 2.01. The van der Waals surface area contributed by atoms with Crippen molar-refractivity contribution in [1.82, 2.24) is 45.0 Å². The van der Waals surface area contributed by atoms with E-state index in [0.717, 1.165) is 11.4 Å². The van der Waals surface area contributed by atoms with E-state index >= 15 is 0 Å². The van der Waals surface area contributed by atoms with Crippen molar-refractivity contribution in [2.24, 2.45) is 0 Å². The third kappa shape index (κ3) is 2.85. The van der Waals surface area contributed by atoms with E-state index in [1.165, 1.54) is 17.2 Å². The Hall–Kier alpha value is -3.04. The summed E-state index contributed by atoms with van der Waals surface area (Å²) in [5, 5.41) is 20.9. The fraction of sp³-hybridized carbons (Fsp3) is 0.333. The zero-order valence-electron chi connectivity index (χ0n) is 12.2. The number of nitrogens with zero attached hydrogens (tertiary/aromatic N) is 7. The quantitative estimate of drug-likeness (QED) is 0.663. The van der Waals surface area contributed by atoms with Gasteiger partial charge in [0.05, 0.1) is 12.2 Å². The first-order chi connectivity index (χ1) is 10.6. The first-order valence-corrected chi connectivity index (χ1v) is 6.70. The van der Waals surface area contributed by atoms with Crippen LogP contribution in [0.2, 0.25) is 0 Å². The summed E-state index contributed by atoms with van der Waals surface area (Å²) >= 11 is 0. The standard InChI is InChI=1S/C12H15N9O/c1-8-5-9(2)21(19-8)4-3-13-11(22)10-16-12(18-17-10)20-6-14-15-7-20/h5-7H,3-4H2,1-2H3,(H,13,22)(H,16,17,18). The van der Waals surface area contributed by atoms with Crippen molar-refractivity contribution < 1.29 is 4.79 Å². The van der Waals surface area contributed by atoms with Crippen LogP contribution >= 0.6 is 0 Å². The Morgan fingerprint density at radius 2 is 2.09 bits per heavy atom. The monoisotopic (exact) mass is 301 g/mol. The number of hydrogen-bond acceptors (Lipinski definition) is 6. The number of aryl methyl sites for hydroxylation is 2. The molecule has 114 valence electrons. The number of H-pyrrole nitrogens is 1. The molecule has 0 radical (unpaired) electrons. The maximum Gasteiger partial charge on any atom is 0.288 e. The topological polar surface area (TPSA) is 119 Å². The highest BCUT2D eigenvalue weighted by molar-refractivity contribution is 5.90. The second-order valence-corrected chi connectivity index (χ2v) is 4.76. The van der Waals surface area contributed by atoms with Gasteiger partial charge in [0.1, 0.15) is 12.7 Å². The van der Waals surface area contributed by atoms with Crippen LogP contribution in [-0.2, 0) is 6.54 Å². The highest BCUT2D eigenvalue weighted by Gasteiger charge is 2.12. The van der Waals surface area contributed by atoms with Crippen LogP contribution < -0.4 is 5.32 Å². The molecule has 0 aliphatic heterocycles. The number of aromatic nitrogens is 8. The lowest BCUT2D eigenvalue weighted by Crippen LogP contribution is -2.28. The van der Waals surface area contributed by atoms with Crippen LogP contribution in [0.15, 0.2) is 18.7 Å². The van der Waals surface area contributed by atoms with Crippen molar-refractivity contribution >= 4 is 5.91 Å². The Labute approximate surface area is 125 Å². The molecule has 3 aromatic rings. The minimum atomic E-state index is -0.326. The van der Waals surface area contributed by atoms with Gasteiger partial charge in [-0.1, -0.05) is 0 Å². The van der Waals surface area contributed by atoms with Crippen LogP contribution in [0, 0.1) is 13.8 Å². The summed E-state index contributed by atoms with van der Waals surface area (Å²) in [7, 11) is 0. The highest BCUT2D eigenvalue weighted by atomic mass is 16.2. The molecule has 0 unspecified atom stereocenters. The average molecular weight is 301 g/mol. The zero-order valence-corrected chi connectivity index (χ0v) is 12.2. The molecule has 2 N–H and O–H groups in total. The van der Waals surface area contributed by atoms with Gasteiger partial charge in [-0.25, -0.2) is 0 Å². The molecular formula is C12H15N9O. The zero-order chi connectivity index (χ0) is 15.5. The number of rotatable bonds is 5. The van der Waals surface area contributed by atoms with E-state index in [4.69, 9.17) is 0 Å². The third-order valence-electron chi connectivity index (χ3n) is 3.05. The molecule has 0 aromatic carbocycles. The van der Waals surface area contributed by atoms with Gasteiger partial charge in [0.15, 0.2) is 0 Å². The maximum absolute atomic E-state index is 12.0. The van der Waals surface area contributed by atoms with Gasteiger partial charge >= 0.3 is 0 Å². The van der Waals surface area contributed by atoms with Crippen LogP contribution in [0.5, 0.6) is 0 Å². The van der Waals surface area contributed by atoms with E-state index < -0.39 is 0 Å². The minimum Gasteiger partial charge on any atom is -0.347 e. The Kier molecular flexibility index (Phi) is 3.64. The van der Waals surface area contributed by atoms with Crippen molar-refractivity contribution in [3.05, 3.63) is 35.9 Å². The van der Waals surface area contributed by atoms with Crippen LogP contribution in [0.4, 0.5) is 0 Å². The molecule has 22 heavy (non-hydrogen) atoms. The fourth-order valence-electron chi connectivity index (χ4n) is 2.03. The second kappa shape index (κ2) is 5.76. The van der Waals surface area contributed by atoms with E-state index in [9.17, 15) is 4.79 Å². The van der Waals surface area contributed by atoms with E-state index in [1.807, 2.05) is 24.6 Å². The Bertz CT molecular complexity index is 770. The molecule has 3 heterocycles. The summed E-state index contributed by atoms with van der Waals surface area (Å²) in [6.45, 7) is 4.95. The number of carbonyl (C=O) groups excluding carboxylic acids is 1. The molecule has 10 heteroatoms. The SMILES string of the molecule is Cc1cc(C)n(CCNC(=O)c2nc(-n3cnnc3)n[nH]2)n1. The number of nitrogens with one attached hydrogen (secondary N) is 2. The van der Waals surface area contributed by atoms with Crippen molar-refractivity contribution in [3.63, 3.8) is 0 Å². The molecule has 0 aliphatic carbocycles. The first-order valence-electron chi connectivity index (χ1n) is 6.70. The van der Waals surface area contributed by atoms with Crippen LogP contribution in [0.1, 0.15) is 22.0 Å². The molecule has 0 spiro atoms. The summed E-state index contributed by atoms with van der Waals surface area (Å²) in [5.74, 6) is 0.124. The lowest BCUT2D eigenvalue weighted by atomic mass is 10.4. The molecule has 0 fully saturated rings. The fourth-order valence-corrected chi connectivity index (χ4v) is 2.03. The van der Waals surface area contributed by atoms with E-state index in [-0.39, 0.29) is 11.7 Å². The molecule has 3 rings (SSSR count). The van der Waals surface area contributed by atoms with Crippen molar-refractivity contribution in [2.75, 3.05) is 6.54 Å². The van der Waals surface area contributed by atoms with Crippen molar-refractivity contribution in [3.8, 4) is 5.95 Å². The molecular weight excluding hydrogens is 286 g/mol. The predicted octanol–water partition coefficient (Wildman–Crippen LogP) is -0.371. The Morgan fingerprint density at radius 3 is 2.77 bits per heavy atom. The Morgan fingerprint density at radius 1 is 1.32 bits per heavy atom. The number of aromatic amines is 1. The van der Waals surface area contributed by atoms with Crippen molar-refractivity contribution in [2.45, 2.75) is 20.4 Å². The molecule has 3 aromatic heterocycles. The molecule has 10 nitrogen and oxygen atoms in total. The summed E-state index contributed by atoms with van der Waals surface area (Å²) in [6.07, 6.45) is 2.90. The molecule has 0 saturated heterocycles. The summed E-state index contributed by atoms with van der Waals surface area (Å²) in [4.78, 5) is 16.1. The lowest BCUT2D eigenvalue weighted by molar-refractivity contribution is 0.0942. The average Bonchev–Trinajstić information content (AvgIpc) is 3.19. The molecule has 0 atom stereocenters. The van der Waals surface area contributed by atoms with Gasteiger partial charge in [-0.05, 0) is 19.9 Å².